The molecule has 1 aliphatic rings. The largest absolute Gasteiger partial charge is 0.492 e. The third-order valence-electron chi connectivity index (χ3n) is 3.56. The zero-order valence-corrected chi connectivity index (χ0v) is 13.8. The minimum atomic E-state index is 0.257. The summed E-state index contributed by atoms with van der Waals surface area (Å²) in [4.78, 5) is 2.20. The number of benzene rings is 1. The molecule has 1 aromatic rings. The highest BCUT2D eigenvalue weighted by molar-refractivity contribution is 6.35. The number of hydrogen-bond acceptors (Lipinski definition) is 3. The van der Waals surface area contributed by atoms with Gasteiger partial charge in [-0.2, -0.15) is 0 Å². The Hall–Kier alpha value is -0.480. The molecule has 0 radical (unpaired) electrons. The number of nitrogens with zero attached hydrogens (tertiary/aromatic N) is 1. The van der Waals surface area contributed by atoms with E-state index in [4.69, 9.17) is 27.9 Å². The first-order chi connectivity index (χ1) is 9.47. The lowest BCUT2D eigenvalue weighted by Gasteiger charge is -2.30. The second-order valence-corrected chi connectivity index (χ2v) is 6.50. The topological polar surface area (TPSA) is 24.5 Å². The Morgan fingerprint density at radius 2 is 2.15 bits per heavy atom. The van der Waals surface area contributed by atoms with Gasteiger partial charge in [-0.15, -0.1) is 0 Å². The molecule has 20 heavy (non-hydrogen) atoms. The molecule has 0 saturated carbocycles. The molecule has 3 nitrogen and oxygen atoms in total. The number of hydrogen-bond donors (Lipinski definition) is 1. The lowest BCUT2D eigenvalue weighted by Crippen LogP contribution is -2.35. The van der Waals surface area contributed by atoms with E-state index < -0.39 is 0 Å². The van der Waals surface area contributed by atoms with Crippen LogP contribution in [0.1, 0.15) is 31.4 Å². The second kappa shape index (κ2) is 6.99. The fraction of sp³-hybridized carbons (Fsp3) is 0.600. The molecule has 112 valence electrons. The Morgan fingerprint density at radius 3 is 2.85 bits per heavy atom. The Balaban J connectivity index is 2.08. The van der Waals surface area contributed by atoms with Crippen LogP contribution in [0.2, 0.25) is 10.0 Å². The highest BCUT2D eigenvalue weighted by atomic mass is 35.5. The lowest BCUT2D eigenvalue weighted by molar-refractivity contribution is 0.241. The summed E-state index contributed by atoms with van der Waals surface area (Å²) in [5.74, 6) is 0.777. The summed E-state index contributed by atoms with van der Waals surface area (Å²) in [6.07, 6.45) is 2.05. The maximum absolute atomic E-state index is 6.21. The van der Waals surface area contributed by atoms with Crippen LogP contribution < -0.4 is 10.1 Å². The van der Waals surface area contributed by atoms with E-state index in [9.17, 15) is 0 Å². The van der Waals surface area contributed by atoms with Crippen molar-refractivity contribution in [3.05, 3.63) is 27.7 Å². The van der Waals surface area contributed by atoms with Crippen LogP contribution in [0.3, 0.4) is 0 Å². The molecule has 0 saturated heterocycles. The average molecular weight is 317 g/mol. The molecule has 0 aliphatic carbocycles. The smallest absolute Gasteiger partial charge is 0.142 e. The van der Waals surface area contributed by atoms with Gasteiger partial charge in [-0.05, 0) is 46.1 Å². The first-order valence-electron chi connectivity index (χ1n) is 7.00. The number of rotatable bonds is 5. The molecule has 1 aromatic carbocycles. The standard InChI is InChI=1S/C15H22Cl2N2O/c1-10(4-6-19(2)3)18-14-5-7-20-15-12(14)8-11(16)9-13(15)17/h8-10,14,18H,4-7H2,1-3H3. The molecule has 5 heteroatoms. The molecule has 0 aromatic heterocycles. The van der Waals surface area contributed by atoms with E-state index in [1.54, 1.807) is 6.07 Å². The molecule has 0 fully saturated rings. The van der Waals surface area contributed by atoms with Crippen LogP contribution >= 0.6 is 23.2 Å². The average Bonchev–Trinajstić information content (AvgIpc) is 2.37. The predicted octanol–water partition coefficient (Wildman–Crippen LogP) is 3.75. The molecule has 1 heterocycles. The highest BCUT2D eigenvalue weighted by Crippen LogP contribution is 2.40. The fourth-order valence-electron chi connectivity index (χ4n) is 2.48. The lowest BCUT2D eigenvalue weighted by atomic mass is 9.99. The molecule has 1 aliphatic heterocycles. The van der Waals surface area contributed by atoms with Crippen molar-refractivity contribution < 1.29 is 4.74 Å². The maximum Gasteiger partial charge on any atom is 0.142 e. The summed E-state index contributed by atoms with van der Waals surface area (Å²) in [6, 6.07) is 4.39. The SMILES string of the molecule is CC(CCN(C)C)NC1CCOc2c(Cl)cc(Cl)cc21. The fourth-order valence-corrected chi connectivity index (χ4v) is 3.04. The summed E-state index contributed by atoms with van der Waals surface area (Å²) in [5.41, 5.74) is 1.07. The van der Waals surface area contributed by atoms with Gasteiger partial charge in [0.15, 0.2) is 0 Å². The summed E-state index contributed by atoms with van der Waals surface area (Å²) in [5, 5.41) is 4.92. The summed E-state index contributed by atoms with van der Waals surface area (Å²) >= 11 is 12.3. The zero-order valence-electron chi connectivity index (χ0n) is 12.2. The number of nitrogens with one attached hydrogen (secondary N) is 1. The summed E-state index contributed by atoms with van der Waals surface area (Å²) < 4.78 is 5.68. The van der Waals surface area contributed by atoms with Crippen molar-refractivity contribution >= 4 is 23.2 Å². The van der Waals surface area contributed by atoms with Crippen LogP contribution in [0, 0.1) is 0 Å². The van der Waals surface area contributed by atoms with Gasteiger partial charge in [-0.25, -0.2) is 0 Å². The van der Waals surface area contributed by atoms with Gasteiger partial charge in [0.2, 0.25) is 0 Å². The van der Waals surface area contributed by atoms with E-state index in [-0.39, 0.29) is 6.04 Å². The third kappa shape index (κ3) is 4.01. The van der Waals surface area contributed by atoms with Crippen molar-refractivity contribution in [2.24, 2.45) is 0 Å². The van der Waals surface area contributed by atoms with Crippen molar-refractivity contribution in [2.75, 3.05) is 27.2 Å². The highest BCUT2D eigenvalue weighted by Gasteiger charge is 2.25. The normalized spacial score (nSPS) is 19.6. The molecule has 2 unspecified atom stereocenters. The molecule has 2 rings (SSSR count). The van der Waals surface area contributed by atoms with Gasteiger partial charge in [-0.3, -0.25) is 0 Å². The van der Waals surface area contributed by atoms with Gasteiger partial charge in [0.05, 0.1) is 11.6 Å². The van der Waals surface area contributed by atoms with E-state index in [1.807, 2.05) is 6.07 Å². The van der Waals surface area contributed by atoms with Crippen LogP contribution in [0.4, 0.5) is 0 Å². The van der Waals surface area contributed by atoms with Crippen LogP contribution in [0.25, 0.3) is 0 Å². The van der Waals surface area contributed by atoms with Crippen molar-refractivity contribution in [3.8, 4) is 5.75 Å². The van der Waals surface area contributed by atoms with Crippen molar-refractivity contribution in [1.82, 2.24) is 10.2 Å². The van der Waals surface area contributed by atoms with E-state index in [0.717, 1.165) is 30.7 Å². The summed E-state index contributed by atoms with van der Waals surface area (Å²) in [7, 11) is 4.19. The number of ether oxygens (including phenoxy) is 1. The Bertz CT molecular complexity index is 465. The first kappa shape index (κ1) is 15.9. The molecular weight excluding hydrogens is 295 g/mol. The second-order valence-electron chi connectivity index (χ2n) is 5.66. The predicted molar refractivity (Wildman–Crippen MR) is 85.1 cm³/mol. The third-order valence-corrected chi connectivity index (χ3v) is 4.06. The summed E-state index contributed by atoms with van der Waals surface area (Å²) in [6.45, 7) is 3.97. The number of halogens is 2. The van der Waals surface area contributed by atoms with Crippen LogP contribution in [0.15, 0.2) is 12.1 Å². The quantitative estimate of drug-likeness (QED) is 0.895. The van der Waals surface area contributed by atoms with Gasteiger partial charge < -0.3 is 15.0 Å². The molecule has 0 amide bonds. The van der Waals surface area contributed by atoms with Crippen LogP contribution in [-0.2, 0) is 0 Å². The minimum Gasteiger partial charge on any atom is -0.492 e. The van der Waals surface area contributed by atoms with E-state index in [0.29, 0.717) is 22.7 Å². The van der Waals surface area contributed by atoms with Gasteiger partial charge in [0.25, 0.3) is 0 Å². The van der Waals surface area contributed by atoms with E-state index in [2.05, 4.69) is 31.2 Å². The number of fused-ring (bicyclic) bond motifs is 1. The van der Waals surface area contributed by atoms with Gasteiger partial charge in [0.1, 0.15) is 5.75 Å². The zero-order chi connectivity index (χ0) is 14.7. The van der Waals surface area contributed by atoms with Crippen LogP contribution in [-0.4, -0.2) is 38.2 Å². The van der Waals surface area contributed by atoms with Crippen molar-refractivity contribution in [1.29, 1.82) is 0 Å². The Morgan fingerprint density at radius 1 is 1.40 bits per heavy atom. The van der Waals surface area contributed by atoms with Gasteiger partial charge >= 0.3 is 0 Å². The van der Waals surface area contributed by atoms with E-state index in [1.165, 1.54) is 0 Å². The van der Waals surface area contributed by atoms with Gasteiger partial charge in [0, 0.05) is 29.1 Å². The van der Waals surface area contributed by atoms with Gasteiger partial charge in [-0.1, -0.05) is 23.2 Å². The molecule has 2 atom stereocenters. The molecule has 0 bridgehead atoms. The minimum absolute atomic E-state index is 0.257. The maximum atomic E-state index is 6.21. The Labute approximate surface area is 131 Å². The first-order valence-corrected chi connectivity index (χ1v) is 7.75. The Kier molecular flexibility index (Phi) is 5.56. The van der Waals surface area contributed by atoms with Crippen LogP contribution in [0.5, 0.6) is 5.75 Å². The van der Waals surface area contributed by atoms with Crippen molar-refractivity contribution in [3.63, 3.8) is 0 Å². The van der Waals surface area contributed by atoms with E-state index >= 15 is 0 Å². The van der Waals surface area contributed by atoms with Crippen molar-refractivity contribution in [2.45, 2.75) is 31.8 Å². The monoisotopic (exact) mass is 316 g/mol. The molecular formula is C15H22Cl2N2O. The molecule has 1 N–H and O–H groups in total. The molecule has 0 spiro atoms.